The number of H-pyrrole nitrogens is 2. The Morgan fingerprint density at radius 2 is 2.54 bits per heavy atom. The van der Waals surface area contributed by atoms with Crippen molar-refractivity contribution in [2.75, 3.05) is 7.11 Å². The number of aromatic amines is 2. The van der Waals surface area contributed by atoms with E-state index < -0.39 is 12.0 Å². The summed E-state index contributed by atoms with van der Waals surface area (Å²) in [6.07, 6.45) is 2.07. The van der Waals surface area contributed by atoms with Gasteiger partial charge in [0, 0.05) is 18.3 Å². The molecule has 0 saturated heterocycles. The number of aromatic nitrogens is 2. The molecule has 1 aromatic heterocycles. The van der Waals surface area contributed by atoms with Crippen LogP contribution in [0.3, 0.4) is 0 Å². The van der Waals surface area contributed by atoms with Gasteiger partial charge < -0.3 is 20.4 Å². The lowest BCUT2D eigenvalue weighted by atomic mass is 10.2. The van der Waals surface area contributed by atoms with E-state index in [4.69, 9.17) is 18.0 Å². The van der Waals surface area contributed by atoms with Gasteiger partial charge in [-0.3, -0.25) is 4.79 Å². The molecule has 1 atom stereocenters. The number of esters is 1. The minimum atomic E-state index is -0.647. The molecule has 0 aromatic carbocycles. The van der Waals surface area contributed by atoms with Crippen molar-refractivity contribution in [3.63, 3.8) is 0 Å². The number of carbonyl (C=O) groups excluding carboxylic acids is 1. The normalized spacial score (nSPS) is 12.5. The van der Waals surface area contributed by atoms with E-state index in [0.717, 1.165) is 5.69 Å². The van der Waals surface area contributed by atoms with Crippen molar-refractivity contribution in [2.45, 2.75) is 12.5 Å². The summed E-state index contributed by atoms with van der Waals surface area (Å²) in [5.74, 6) is -0.430. The zero-order chi connectivity index (χ0) is 9.84. The zero-order valence-corrected chi connectivity index (χ0v) is 7.98. The van der Waals surface area contributed by atoms with Gasteiger partial charge in [0.15, 0.2) is 4.77 Å². The van der Waals surface area contributed by atoms with Crippen LogP contribution in [0.2, 0.25) is 0 Å². The molecular weight excluding hydrogens is 190 g/mol. The summed E-state index contributed by atoms with van der Waals surface area (Å²) in [6.45, 7) is 0. The molecule has 1 rings (SSSR count). The molecule has 1 aromatic rings. The quantitative estimate of drug-likeness (QED) is 0.479. The average molecular weight is 201 g/mol. The van der Waals surface area contributed by atoms with Crippen LogP contribution in [-0.2, 0) is 16.0 Å². The second kappa shape index (κ2) is 4.20. The van der Waals surface area contributed by atoms with Crippen molar-refractivity contribution in [1.29, 1.82) is 0 Å². The van der Waals surface area contributed by atoms with E-state index in [1.807, 2.05) is 0 Å². The first-order chi connectivity index (χ1) is 6.13. The SMILES string of the molecule is COC(=O)C(N)Cc1c[nH]c(=S)[nH]1. The summed E-state index contributed by atoms with van der Waals surface area (Å²) < 4.78 is 5.00. The van der Waals surface area contributed by atoms with Crippen LogP contribution in [0.15, 0.2) is 6.20 Å². The molecule has 0 bridgehead atoms. The van der Waals surface area contributed by atoms with Gasteiger partial charge >= 0.3 is 5.97 Å². The van der Waals surface area contributed by atoms with Crippen LogP contribution < -0.4 is 5.73 Å². The van der Waals surface area contributed by atoms with Crippen LogP contribution in [0.5, 0.6) is 0 Å². The van der Waals surface area contributed by atoms with E-state index in [1.54, 1.807) is 6.20 Å². The second-order valence-electron chi connectivity index (χ2n) is 2.60. The maximum atomic E-state index is 10.9. The number of nitrogens with one attached hydrogen (secondary N) is 2. The average Bonchev–Trinajstić information content (AvgIpc) is 2.49. The van der Waals surface area contributed by atoms with Crippen molar-refractivity contribution in [3.8, 4) is 0 Å². The molecule has 0 fully saturated rings. The highest BCUT2D eigenvalue weighted by molar-refractivity contribution is 7.71. The molecule has 0 radical (unpaired) electrons. The molecule has 0 aliphatic rings. The van der Waals surface area contributed by atoms with Gasteiger partial charge in [-0.05, 0) is 12.2 Å². The number of carbonyl (C=O) groups is 1. The number of methoxy groups -OCH3 is 1. The third kappa shape index (κ3) is 2.67. The molecule has 1 unspecified atom stereocenters. The monoisotopic (exact) mass is 201 g/mol. The minimum Gasteiger partial charge on any atom is -0.468 e. The van der Waals surface area contributed by atoms with Crippen LogP contribution in [0.1, 0.15) is 5.69 Å². The van der Waals surface area contributed by atoms with Gasteiger partial charge in [-0.15, -0.1) is 0 Å². The largest absolute Gasteiger partial charge is 0.468 e. The summed E-state index contributed by atoms with van der Waals surface area (Å²) in [7, 11) is 1.31. The topological polar surface area (TPSA) is 83.9 Å². The van der Waals surface area contributed by atoms with Crippen molar-refractivity contribution in [1.82, 2.24) is 9.97 Å². The number of hydrogen-bond donors (Lipinski definition) is 3. The Bertz CT molecular complexity index is 344. The zero-order valence-electron chi connectivity index (χ0n) is 7.16. The Hall–Kier alpha value is -1.14. The lowest BCUT2D eigenvalue weighted by Gasteiger charge is -2.06. The third-order valence-electron chi connectivity index (χ3n) is 1.60. The van der Waals surface area contributed by atoms with E-state index in [1.165, 1.54) is 7.11 Å². The van der Waals surface area contributed by atoms with Crippen molar-refractivity contribution in [3.05, 3.63) is 16.7 Å². The molecule has 5 nitrogen and oxygen atoms in total. The van der Waals surface area contributed by atoms with Gasteiger partial charge in [0.2, 0.25) is 0 Å². The molecular formula is C7H11N3O2S. The summed E-state index contributed by atoms with van der Waals surface area (Å²) in [6, 6.07) is -0.647. The van der Waals surface area contributed by atoms with Gasteiger partial charge in [0.05, 0.1) is 7.11 Å². The van der Waals surface area contributed by atoms with Crippen LogP contribution in [0.25, 0.3) is 0 Å². The maximum Gasteiger partial charge on any atom is 0.323 e. The van der Waals surface area contributed by atoms with E-state index in [0.29, 0.717) is 11.2 Å². The Kier molecular flexibility index (Phi) is 3.21. The van der Waals surface area contributed by atoms with Crippen LogP contribution in [0.4, 0.5) is 0 Å². The maximum absolute atomic E-state index is 10.9. The van der Waals surface area contributed by atoms with Crippen LogP contribution in [0, 0.1) is 4.77 Å². The van der Waals surface area contributed by atoms with Gasteiger partial charge in [0.25, 0.3) is 0 Å². The first kappa shape index (κ1) is 9.94. The van der Waals surface area contributed by atoms with Gasteiger partial charge in [0.1, 0.15) is 6.04 Å². The highest BCUT2D eigenvalue weighted by atomic mass is 32.1. The molecule has 4 N–H and O–H groups in total. The Balaban J connectivity index is 2.59. The number of nitrogens with two attached hydrogens (primary N) is 1. The Labute approximate surface area is 80.3 Å². The number of imidazole rings is 1. The summed E-state index contributed by atoms with van der Waals surface area (Å²) in [5, 5.41) is 0. The second-order valence-corrected chi connectivity index (χ2v) is 3.01. The van der Waals surface area contributed by atoms with Gasteiger partial charge in [-0.1, -0.05) is 0 Å². The van der Waals surface area contributed by atoms with E-state index in [9.17, 15) is 4.79 Å². The molecule has 0 spiro atoms. The predicted molar refractivity (Wildman–Crippen MR) is 49.7 cm³/mol. The first-order valence-corrected chi connectivity index (χ1v) is 4.14. The van der Waals surface area contributed by atoms with E-state index >= 15 is 0 Å². The molecule has 0 amide bonds. The van der Waals surface area contributed by atoms with E-state index in [-0.39, 0.29) is 0 Å². The molecule has 0 aliphatic heterocycles. The smallest absolute Gasteiger partial charge is 0.323 e. The van der Waals surface area contributed by atoms with Crippen molar-refractivity contribution < 1.29 is 9.53 Å². The molecule has 72 valence electrons. The molecule has 0 saturated carbocycles. The number of ether oxygens (including phenoxy) is 1. The lowest BCUT2D eigenvalue weighted by Crippen LogP contribution is -2.33. The lowest BCUT2D eigenvalue weighted by molar-refractivity contribution is -0.142. The standard InChI is InChI=1S/C7H11N3O2S/c1-12-6(11)5(8)2-4-3-9-7(13)10-4/h3,5H,2,8H2,1H3,(H2,9,10,13). The van der Waals surface area contributed by atoms with Gasteiger partial charge in [-0.2, -0.15) is 0 Å². The molecule has 13 heavy (non-hydrogen) atoms. The molecule has 1 heterocycles. The third-order valence-corrected chi connectivity index (χ3v) is 1.82. The van der Waals surface area contributed by atoms with Crippen LogP contribution in [-0.4, -0.2) is 29.1 Å². The Morgan fingerprint density at radius 3 is 3.00 bits per heavy atom. The van der Waals surface area contributed by atoms with E-state index in [2.05, 4.69) is 14.7 Å². The fourth-order valence-electron chi connectivity index (χ4n) is 0.952. The van der Waals surface area contributed by atoms with Crippen molar-refractivity contribution in [2.24, 2.45) is 5.73 Å². The first-order valence-electron chi connectivity index (χ1n) is 3.73. The highest BCUT2D eigenvalue weighted by Crippen LogP contribution is 1.98. The van der Waals surface area contributed by atoms with Crippen LogP contribution >= 0.6 is 12.2 Å². The fraction of sp³-hybridized carbons (Fsp3) is 0.429. The van der Waals surface area contributed by atoms with Crippen molar-refractivity contribution >= 4 is 18.2 Å². The fourth-order valence-corrected chi connectivity index (χ4v) is 1.14. The summed E-state index contributed by atoms with van der Waals surface area (Å²) in [5.41, 5.74) is 6.32. The number of hydrogen-bond acceptors (Lipinski definition) is 4. The molecule has 0 aliphatic carbocycles. The predicted octanol–water partition coefficient (Wildman–Crippen LogP) is 0.115. The highest BCUT2D eigenvalue weighted by Gasteiger charge is 2.14. The Morgan fingerprint density at radius 1 is 1.85 bits per heavy atom. The summed E-state index contributed by atoms with van der Waals surface area (Å²) in [4.78, 5) is 16.6. The molecule has 6 heteroatoms. The summed E-state index contributed by atoms with van der Waals surface area (Å²) >= 11 is 4.81. The van der Waals surface area contributed by atoms with Gasteiger partial charge in [-0.25, -0.2) is 0 Å². The minimum absolute atomic E-state index is 0.389. The number of rotatable bonds is 3.